The summed E-state index contributed by atoms with van der Waals surface area (Å²) >= 11 is 7.97. The molecule has 0 atom stereocenters. The lowest BCUT2D eigenvalue weighted by atomic mass is 9.80. The van der Waals surface area contributed by atoms with Gasteiger partial charge >= 0.3 is 5.69 Å². The molecule has 5 heterocycles. The standard InChI is InChI=1S/C30H27ClF2N6O2S/c1-18-10-26(40)39(29(41)38(18)15-25(32)33)14-21-13-24-28(42-21)22(2-6-36-24)23-12-20(31)11-19-3-9-37(27(19)23)17-30(16-34)4-7-35-8-5-30/h2-3,6,9-13,25,35H,4-5,7-8,14-15,17H2,1H3. The second-order valence-corrected chi connectivity index (χ2v) is 12.3. The van der Waals surface area contributed by atoms with Gasteiger partial charge in [-0.3, -0.25) is 18.9 Å². The van der Waals surface area contributed by atoms with E-state index in [-0.39, 0.29) is 12.2 Å². The predicted molar refractivity (Wildman–Crippen MR) is 161 cm³/mol. The summed E-state index contributed by atoms with van der Waals surface area (Å²) < 4.78 is 31.1. The highest BCUT2D eigenvalue weighted by molar-refractivity contribution is 7.19. The first-order valence-corrected chi connectivity index (χ1v) is 14.7. The van der Waals surface area contributed by atoms with Crippen molar-refractivity contribution in [1.29, 1.82) is 5.26 Å². The first-order chi connectivity index (χ1) is 20.2. The van der Waals surface area contributed by atoms with Crippen molar-refractivity contribution in [2.45, 2.75) is 45.8 Å². The van der Waals surface area contributed by atoms with Crippen LogP contribution >= 0.6 is 22.9 Å². The third-order valence-corrected chi connectivity index (χ3v) is 9.33. The molecule has 0 radical (unpaired) electrons. The molecule has 0 unspecified atom stereocenters. The Hall–Kier alpha value is -3.85. The van der Waals surface area contributed by atoms with Crippen molar-refractivity contribution in [1.82, 2.24) is 24.0 Å². The molecule has 8 nitrogen and oxygen atoms in total. The van der Waals surface area contributed by atoms with E-state index in [1.165, 1.54) is 24.3 Å². The van der Waals surface area contributed by atoms with Crippen molar-refractivity contribution in [2.75, 3.05) is 13.1 Å². The Morgan fingerprint density at radius 2 is 1.93 bits per heavy atom. The fraction of sp³-hybridized carbons (Fsp3) is 0.333. The van der Waals surface area contributed by atoms with Crippen LogP contribution in [0.5, 0.6) is 0 Å². The third kappa shape index (κ3) is 5.15. The smallest absolute Gasteiger partial charge is 0.331 e. The van der Waals surface area contributed by atoms with Gasteiger partial charge in [-0.2, -0.15) is 5.26 Å². The average Bonchev–Trinajstić information content (AvgIpc) is 3.56. The zero-order valence-electron chi connectivity index (χ0n) is 22.7. The SMILES string of the molecule is Cc1cc(=O)n(Cc2cc3nccc(-c4cc(Cl)cc5ccn(CC6(C#N)CCNCC6)c45)c3s2)c(=O)n1CC(F)F. The Morgan fingerprint density at radius 3 is 2.67 bits per heavy atom. The average molecular weight is 609 g/mol. The maximum Gasteiger partial charge on any atom is 0.331 e. The maximum absolute atomic E-state index is 13.1. The van der Waals surface area contributed by atoms with Gasteiger partial charge in [0.05, 0.1) is 40.3 Å². The number of aryl methyl sites for hydroxylation is 1. The molecule has 12 heteroatoms. The molecule has 1 aliphatic heterocycles. The molecule has 0 saturated carbocycles. The number of thiophene rings is 1. The first-order valence-electron chi connectivity index (χ1n) is 13.6. The molecular formula is C30H27ClF2N6O2S. The number of nitrogens with one attached hydrogen (secondary N) is 1. The van der Waals surface area contributed by atoms with Crippen molar-refractivity contribution in [3.8, 4) is 17.2 Å². The molecule has 4 aromatic heterocycles. The Morgan fingerprint density at radius 1 is 1.14 bits per heavy atom. The summed E-state index contributed by atoms with van der Waals surface area (Å²) in [6.45, 7) is 2.76. The molecule has 1 aromatic carbocycles. The molecule has 1 fully saturated rings. The van der Waals surface area contributed by atoms with E-state index in [2.05, 4.69) is 20.9 Å². The minimum Gasteiger partial charge on any atom is -0.345 e. The summed E-state index contributed by atoms with van der Waals surface area (Å²) in [5.41, 5.74) is 1.80. The minimum absolute atomic E-state index is 0.0677. The summed E-state index contributed by atoms with van der Waals surface area (Å²) in [5, 5.41) is 15.0. The van der Waals surface area contributed by atoms with Crippen molar-refractivity contribution < 1.29 is 8.78 Å². The molecule has 1 N–H and O–H groups in total. The normalized spacial score (nSPS) is 15.0. The van der Waals surface area contributed by atoms with Gasteiger partial charge in [-0.05, 0) is 63.2 Å². The topological polar surface area (TPSA) is 97.6 Å². The molecule has 1 aliphatic rings. The maximum atomic E-state index is 13.1. The van der Waals surface area contributed by atoms with E-state index < -0.39 is 29.6 Å². The number of pyridine rings is 1. The largest absolute Gasteiger partial charge is 0.345 e. The van der Waals surface area contributed by atoms with Gasteiger partial charge in [0.1, 0.15) is 0 Å². The van der Waals surface area contributed by atoms with Crippen molar-refractivity contribution in [3.63, 3.8) is 0 Å². The number of hydrogen-bond donors (Lipinski definition) is 1. The third-order valence-electron chi connectivity index (χ3n) is 7.97. The van der Waals surface area contributed by atoms with E-state index in [1.54, 1.807) is 6.20 Å². The number of halogens is 3. The highest BCUT2D eigenvalue weighted by Crippen LogP contribution is 2.40. The number of alkyl halides is 2. The van der Waals surface area contributed by atoms with Gasteiger partial charge in [-0.25, -0.2) is 13.6 Å². The molecule has 0 spiro atoms. The van der Waals surface area contributed by atoms with Crippen LogP contribution in [0.3, 0.4) is 0 Å². The van der Waals surface area contributed by atoms with Crippen LogP contribution in [0.4, 0.5) is 8.78 Å². The van der Waals surface area contributed by atoms with Crippen LogP contribution in [0.25, 0.3) is 32.2 Å². The van der Waals surface area contributed by atoms with Crippen LogP contribution in [-0.4, -0.2) is 38.2 Å². The number of fused-ring (bicyclic) bond motifs is 2. The summed E-state index contributed by atoms with van der Waals surface area (Å²) in [7, 11) is 0. The highest BCUT2D eigenvalue weighted by Gasteiger charge is 2.33. The van der Waals surface area contributed by atoms with Crippen LogP contribution in [0.1, 0.15) is 23.4 Å². The number of rotatable bonds is 7. The van der Waals surface area contributed by atoms with Gasteiger partial charge in [0, 0.05) is 57.1 Å². The van der Waals surface area contributed by atoms with E-state index in [9.17, 15) is 23.6 Å². The van der Waals surface area contributed by atoms with Gasteiger partial charge < -0.3 is 9.88 Å². The number of aromatic nitrogens is 4. The van der Waals surface area contributed by atoms with Crippen molar-refractivity contribution >= 4 is 44.1 Å². The Balaban J connectivity index is 1.45. The Kier molecular flexibility index (Phi) is 7.47. The van der Waals surface area contributed by atoms with Crippen molar-refractivity contribution in [3.05, 3.63) is 85.2 Å². The van der Waals surface area contributed by atoms with Gasteiger partial charge in [-0.15, -0.1) is 11.3 Å². The summed E-state index contributed by atoms with van der Waals surface area (Å²) in [6, 6.07) is 13.3. The van der Waals surface area contributed by atoms with Gasteiger partial charge in [0.15, 0.2) is 0 Å². The predicted octanol–water partition coefficient (Wildman–Crippen LogP) is 5.41. The van der Waals surface area contributed by atoms with Crippen LogP contribution in [0.15, 0.2) is 58.4 Å². The lowest BCUT2D eigenvalue weighted by molar-refractivity contribution is 0.123. The van der Waals surface area contributed by atoms with Crippen LogP contribution in [0.2, 0.25) is 5.02 Å². The van der Waals surface area contributed by atoms with E-state index >= 15 is 0 Å². The summed E-state index contributed by atoms with van der Waals surface area (Å²) in [6.07, 6.45) is 2.49. The van der Waals surface area contributed by atoms with Gasteiger partial charge in [0.25, 0.3) is 12.0 Å². The monoisotopic (exact) mass is 608 g/mol. The molecule has 6 rings (SSSR count). The molecule has 5 aromatic rings. The lowest BCUT2D eigenvalue weighted by Crippen LogP contribution is -2.41. The molecular weight excluding hydrogens is 582 g/mol. The fourth-order valence-corrected chi connectivity index (χ4v) is 7.21. The number of nitrogens with zero attached hydrogens (tertiary/aromatic N) is 5. The quantitative estimate of drug-likeness (QED) is 0.266. The number of hydrogen-bond acceptors (Lipinski definition) is 6. The fourth-order valence-electron chi connectivity index (χ4n) is 5.85. The molecule has 216 valence electrons. The van der Waals surface area contributed by atoms with Crippen molar-refractivity contribution in [2.24, 2.45) is 5.41 Å². The zero-order valence-corrected chi connectivity index (χ0v) is 24.3. The Bertz CT molecular complexity index is 1980. The van der Waals surface area contributed by atoms with Gasteiger partial charge in [-0.1, -0.05) is 11.6 Å². The molecule has 0 aliphatic carbocycles. The van der Waals surface area contributed by atoms with Gasteiger partial charge in [0.2, 0.25) is 0 Å². The lowest BCUT2D eigenvalue weighted by Gasteiger charge is -2.32. The molecule has 0 amide bonds. The first kappa shape index (κ1) is 28.3. The minimum atomic E-state index is -2.73. The molecule has 42 heavy (non-hydrogen) atoms. The van der Waals surface area contributed by atoms with Crippen LogP contribution in [0, 0.1) is 23.7 Å². The summed E-state index contributed by atoms with van der Waals surface area (Å²) in [4.78, 5) is 30.9. The van der Waals surface area contributed by atoms with E-state index in [4.69, 9.17) is 11.6 Å². The summed E-state index contributed by atoms with van der Waals surface area (Å²) in [5.74, 6) is 0. The van der Waals surface area contributed by atoms with Crippen LogP contribution < -0.4 is 16.6 Å². The molecule has 0 bridgehead atoms. The second-order valence-electron chi connectivity index (χ2n) is 10.8. The second kappa shape index (κ2) is 11.1. The zero-order chi connectivity index (χ0) is 29.6. The van der Waals surface area contributed by atoms with Crippen LogP contribution in [-0.2, 0) is 19.6 Å². The Labute approximate surface area is 248 Å². The molecule has 1 saturated heterocycles. The number of piperidine rings is 1. The van der Waals surface area contributed by atoms with E-state index in [0.29, 0.717) is 22.0 Å². The van der Waals surface area contributed by atoms with E-state index in [0.717, 1.165) is 61.8 Å². The number of benzene rings is 1. The highest BCUT2D eigenvalue weighted by atomic mass is 35.5. The number of nitriles is 1. The van der Waals surface area contributed by atoms with E-state index in [1.807, 2.05) is 36.5 Å².